The normalized spacial score (nSPS) is 48.1. The lowest BCUT2D eigenvalue weighted by molar-refractivity contribution is 0.0120. The van der Waals surface area contributed by atoms with E-state index in [1.165, 1.54) is 56.9 Å². The summed E-state index contributed by atoms with van der Waals surface area (Å²) < 4.78 is 0. The van der Waals surface area contributed by atoms with E-state index in [-0.39, 0.29) is 6.04 Å². The summed E-state index contributed by atoms with van der Waals surface area (Å²) in [4.78, 5) is 13.5. The molecule has 1 aromatic rings. The molecule has 10 atom stereocenters. The van der Waals surface area contributed by atoms with Gasteiger partial charge < -0.3 is 10.4 Å². The Labute approximate surface area is 191 Å². The maximum absolute atomic E-state index is 11.9. The number of rotatable bonds is 4. The molecule has 4 heteroatoms. The molecule has 2 saturated carbocycles. The van der Waals surface area contributed by atoms with Crippen molar-refractivity contribution >= 4 is 6.29 Å². The third kappa shape index (κ3) is 2.47. The number of piperidine rings is 2. The van der Waals surface area contributed by atoms with Crippen molar-refractivity contribution in [1.29, 1.82) is 0 Å². The molecule has 2 N–H and O–H groups in total. The van der Waals surface area contributed by atoms with Gasteiger partial charge in [-0.05, 0) is 61.3 Å². The Morgan fingerprint density at radius 2 is 1.88 bits per heavy atom. The molecule has 3 saturated heterocycles. The van der Waals surface area contributed by atoms with Crippen molar-refractivity contribution < 1.29 is 9.90 Å². The minimum Gasteiger partial charge on any atom is -0.373 e. The zero-order valence-electron chi connectivity index (χ0n) is 19.1. The van der Waals surface area contributed by atoms with Crippen LogP contribution >= 0.6 is 0 Å². The molecule has 5 fully saturated rings. The fourth-order valence-electron chi connectivity index (χ4n) is 9.28. The van der Waals surface area contributed by atoms with Crippen LogP contribution in [0.5, 0.6) is 0 Å². The first-order chi connectivity index (χ1) is 15.6. The van der Waals surface area contributed by atoms with Gasteiger partial charge in [0, 0.05) is 35.5 Å². The number of aldehydes is 1. The summed E-state index contributed by atoms with van der Waals surface area (Å²) in [7, 11) is 0. The Kier molecular flexibility index (Phi) is 4.22. The fourth-order valence-corrected chi connectivity index (χ4v) is 9.28. The molecule has 4 aliphatic heterocycles. The molecule has 170 valence electrons. The van der Waals surface area contributed by atoms with E-state index in [2.05, 4.69) is 41.4 Å². The molecule has 1 spiro atoms. The van der Waals surface area contributed by atoms with Crippen LogP contribution in [0.1, 0.15) is 80.1 Å². The van der Waals surface area contributed by atoms with Gasteiger partial charge in [0.05, 0.1) is 6.04 Å². The molecule has 0 aromatic heterocycles. The zero-order valence-corrected chi connectivity index (χ0v) is 19.1. The quantitative estimate of drug-likeness (QED) is 0.424. The van der Waals surface area contributed by atoms with Gasteiger partial charge in [-0.3, -0.25) is 9.69 Å². The van der Waals surface area contributed by atoms with Crippen LogP contribution in [0.2, 0.25) is 0 Å². The number of nitrogens with one attached hydrogen (secondary N) is 1. The zero-order chi connectivity index (χ0) is 21.7. The number of aliphatic hydroxyl groups is 1. The maximum atomic E-state index is 11.9. The van der Waals surface area contributed by atoms with Gasteiger partial charge in [0.25, 0.3) is 0 Å². The van der Waals surface area contributed by atoms with Gasteiger partial charge in [0.15, 0.2) is 0 Å². The average Bonchev–Trinajstić information content (AvgIpc) is 3.18. The third-order valence-corrected chi connectivity index (χ3v) is 10.7. The van der Waals surface area contributed by atoms with Gasteiger partial charge in [0.1, 0.15) is 12.0 Å². The van der Waals surface area contributed by atoms with E-state index in [0.717, 1.165) is 17.8 Å². The highest BCUT2D eigenvalue weighted by Crippen LogP contribution is 2.66. The standard InChI is InChI=1S/C28H36N2O2/c1-17(19-6-4-18(16-31)5-7-19)25-21-9-11-23-28(32,30(23)25)24(21)22-10-8-20-12-15-27(26(20)29-22)13-2-3-14-27/h4-7,9,11,16-17,20-26,29,32H,2-3,8,10,12-15H2,1H3/t17-,20-,21-,22-,23+,24-,25+,26-,28-,30?/m1/s1. The summed E-state index contributed by atoms with van der Waals surface area (Å²) >= 11 is 0. The molecule has 4 nitrogen and oxygen atoms in total. The molecule has 4 bridgehead atoms. The Morgan fingerprint density at radius 3 is 2.62 bits per heavy atom. The number of hydrogen-bond acceptors (Lipinski definition) is 4. The number of benzene rings is 1. The smallest absolute Gasteiger partial charge is 0.150 e. The van der Waals surface area contributed by atoms with E-state index < -0.39 is 5.72 Å². The summed E-state index contributed by atoms with van der Waals surface area (Å²) in [5.74, 6) is 1.87. The number of carbonyl (C=O) groups excluding carboxylic acids is 1. The van der Waals surface area contributed by atoms with Crippen LogP contribution in [-0.4, -0.2) is 46.2 Å². The van der Waals surface area contributed by atoms with Crippen LogP contribution in [0.4, 0.5) is 0 Å². The van der Waals surface area contributed by atoms with E-state index in [1.807, 2.05) is 12.1 Å². The second-order valence-corrected chi connectivity index (χ2v) is 11.9. The molecule has 0 radical (unpaired) electrons. The van der Waals surface area contributed by atoms with Crippen LogP contribution in [0, 0.1) is 23.2 Å². The number of fused-ring (bicyclic) bond motifs is 2. The summed E-state index contributed by atoms with van der Waals surface area (Å²) in [5.41, 5.74) is 1.89. The first kappa shape index (κ1) is 19.9. The average molecular weight is 433 g/mol. The van der Waals surface area contributed by atoms with E-state index in [9.17, 15) is 9.90 Å². The van der Waals surface area contributed by atoms with Gasteiger partial charge >= 0.3 is 0 Å². The highest BCUT2D eigenvalue weighted by Gasteiger charge is 2.78. The van der Waals surface area contributed by atoms with Crippen LogP contribution in [0.3, 0.4) is 0 Å². The molecule has 8 rings (SSSR count). The molecule has 32 heavy (non-hydrogen) atoms. The minimum absolute atomic E-state index is 0.183. The molecule has 0 amide bonds. The minimum atomic E-state index is -0.660. The van der Waals surface area contributed by atoms with E-state index >= 15 is 0 Å². The molecule has 4 heterocycles. The lowest BCUT2D eigenvalue weighted by Crippen LogP contribution is -2.58. The van der Waals surface area contributed by atoms with Crippen molar-refractivity contribution in [2.75, 3.05) is 0 Å². The molecular formula is C28H36N2O2. The van der Waals surface area contributed by atoms with Crippen LogP contribution < -0.4 is 5.32 Å². The van der Waals surface area contributed by atoms with Gasteiger partial charge in [-0.1, -0.05) is 56.2 Å². The number of nitrogens with zero attached hydrogens (tertiary/aromatic N) is 1. The molecule has 1 aromatic carbocycles. The third-order valence-electron chi connectivity index (χ3n) is 10.7. The number of hydrogen-bond donors (Lipinski definition) is 2. The topological polar surface area (TPSA) is 52.3 Å². The second kappa shape index (κ2) is 6.77. The van der Waals surface area contributed by atoms with Crippen LogP contribution in [-0.2, 0) is 0 Å². The second-order valence-electron chi connectivity index (χ2n) is 11.9. The summed E-state index contributed by atoms with van der Waals surface area (Å²) in [6.07, 6.45) is 16.6. The lowest BCUT2D eigenvalue weighted by Gasteiger charge is -2.46. The van der Waals surface area contributed by atoms with Crippen LogP contribution in [0.25, 0.3) is 0 Å². The predicted molar refractivity (Wildman–Crippen MR) is 124 cm³/mol. The van der Waals surface area contributed by atoms with E-state index in [0.29, 0.717) is 41.3 Å². The highest BCUT2D eigenvalue weighted by molar-refractivity contribution is 5.74. The molecule has 1 unspecified atom stereocenters. The van der Waals surface area contributed by atoms with Gasteiger partial charge in [-0.2, -0.15) is 0 Å². The van der Waals surface area contributed by atoms with E-state index in [4.69, 9.17) is 0 Å². The van der Waals surface area contributed by atoms with Gasteiger partial charge in [0.2, 0.25) is 0 Å². The van der Waals surface area contributed by atoms with Crippen molar-refractivity contribution in [2.24, 2.45) is 23.2 Å². The Morgan fingerprint density at radius 1 is 1.09 bits per heavy atom. The van der Waals surface area contributed by atoms with Crippen molar-refractivity contribution in [3.63, 3.8) is 0 Å². The van der Waals surface area contributed by atoms with Crippen molar-refractivity contribution in [1.82, 2.24) is 10.2 Å². The number of carbonyl (C=O) groups is 1. The van der Waals surface area contributed by atoms with Crippen molar-refractivity contribution in [2.45, 2.75) is 94.1 Å². The van der Waals surface area contributed by atoms with Gasteiger partial charge in [-0.25, -0.2) is 0 Å². The van der Waals surface area contributed by atoms with Gasteiger partial charge in [-0.15, -0.1) is 0 Å². The van der Waals surface area contributed by atoms with E-state index in [1.54, 1.807) is 0 Å². The first-order valence-corrected chi connectivity index (χ1v) is 13.1. The molecule has 3 aliphatic carbocycles. The fraction of sp³-hybridized carbons (Fsp3) is 0.679. The maximum Gasteiger partial charge on any atom is 0.150 e. The summed E-state index contributed by atoms with van der Waals surface area (Å²) in [6.45, 7) is 2.31. The van der Waals surface area contributed by atoms with Crippen molar-refractivity contribution in [3.05, 3.63) is 47.5 Å². The summed E-state index contributed by atoms with van der Waals surface area (Å²) in [6, 6.07) is 9.69. The largest absolute Gasteiger partial charge is 0.373 e. The Bertz CT molecular complexity index is 951. The Hall–Kier alpha value is -1.49. The molecule has 7 aliphatic rings. The SMILES string of the molecule is C[C@H](c1ccc(C=O)cc1)[C@H]1[C@@H]2C=C[C@@H]3N1[C@]3(O)[C@H]2[C@H]1CC[C@@H]2CCC3(CCCC3)[C@@H]2N1. The highest BCUT2D eigenvalue weighted by atomic mass is 16.3. The molecular weight excluding hydrogens is 396 g/mol. The first-order valence-electron chi connectivity index (χ1n) is 13.1. The summed E-state index contributed by atoms with van der Waals surface area (Å²) in [5, 5.41) is 16.1. The Balaban J connectivity index is 1.17. The lowest BCUT2D eigenvalue weighted by atomic mass is 9.67. The van der Waals surface area contributed by atoms with Crippen LogP contribution in [0.15, 0.2) is 36.4 Å². The predicted octanol–water partition coefficient (Wildman–Crippen LogP) is 4.25. The monoisotopic (exact) mass is 432 g/mol. The van der Waals surface area contributed by atoms with Crippen molar-refractivity contribution in [3.8, 4) is 0 Å².